The zero-order chi connectivity index (χ0) is 11.1. The molecule has 3 heteroatoms. The van der Waals surface area contributed by atoms with Crippen LogP contribution in [0.2, 0.25) is 0 Å². The molecule has 78 valence electrons. The largest absolute Gasteiger partial charge is 0.235 e. The highest BCUT2D eigenvalue weighted by Crippen LogP contribution is 2.52. The van der Waals surface area contributed by atoms with Gasteiger partial charge in [0.05, 0.1) is 5.54 Å². The number of isocyanates is 1. The fraction of sp³-hybridized carbons (Fsp3) is 0.417. The third-order valence-electron chi connectivity index (χ3n) is 3.06. The van der Waals surface area contributed by atoms with Gasteiger partial charge in [-0.15, -0.1) is 0 Å². The molecule has 0 bridgehead atoms. The molecule has 1 aromatic carbocycles. The van der Waals surface area contributed by atoms with Gasteiger partial charge in [0.2, 0.25) is 6.08 Å². The normalized spacial score (nSPS) is 17.0. The van der Waals surface area contributed by atoms with E-state index in [2.05, 4.69) is 40.8 Å². The first-order chi connectivity index (χ1) is 7.10. The summed E-state index contributed by atoms with van der Waals surface area (Å²) >= 11 is 3.51. The van der Waals surface area contributed by atoms with Crippen LogP contribution < -0.4 is 0 Å². The molecule has 2 nitrogen and oxygen atoms in total. The molecule has 1 fully saturated rings. The maximum atomic E-state index is 10.4. The van der Waals surface area contributed by atoms with Crippen LogP contribution in [0.3, 0.4) is 0 Å². The molecule has 1 aromatic rings. The maximum Gasteiger partial charge on any atom is 0.235 e. The van der Waals surface area contributed by atoms with Gasteiger partial charge in [-0.25, -0.2) is 4.79 Å². The van der Waals surface area contributed by atoms with Gasteiger partial charge in [-0.3, -0.25) is 0 Å². The Bertz CT molecular complexity index is 457. The van der Waals surface area contributed by atoms with Crippen molar-refractivity contribution in [3.8, 4) is 0 Å². The van der Waals surface area contributed by atoms with Crippen molar-refractivity contribution < 1.29 is 4.79 Å². The molecule has 1 aliphatic rings. The quantitative estimate of drug-likeness (QED) is 0.596. The van der Waals surface area contributed by atoms with Crippen LogP contribution in [0.15, 0.2) is 21.6 Å². The molecule has 0 aromatic heterocycles. The third kappa shape index (κ3) is 1.66. The summed E-state index contributed by atoms with van der Waals surface area (Å²) < 4.78 is 1.08. The fourth-order valence-electron chi connectivity index (χ4n) is 2.16. The number of carbonyl (C=O) groups excluding carboxylic acids is 1. The molecular formula is C12H12BrNO. The van der Waals surface area contributed by atoms with Gasteiger partial charge in [0.15, 0.2) is 0 Å². The summed E-state index contributed by atoms with van der Waals surface area (Å²) in [5.41, 5.74) is 3.32. The molecule has 15 heavy (non-hydrogen) atoms. The molecular weight excluding hydrogens is 254 g/mol. The van der Waals surface area contributed by atoms with Crippen molar-refractivity contribution in [1.29, 1.82) is 0 Å². The number of benzene rings is 1. The van der Waals surface area contributed by atoms with Crippen LogP contribution >= 0.6 is 15.9 Å². The Morgan fingerprint density at radius 3 is 2.60 bits per heavy atom. The van der Waals surface area contributed by atoms with E-state index in [1.807, 2.05) is 6.07 Å². The standard InChI is InChI=1S/C12H12BrNO/c1-8-3-4-10(13)9(2)11(8)12(5-6-12)14-7-15/h3-4H,5-6H2,1-2H3. The van der Waals surface area contributed by atoms with Crippen molar-refractivity contribution in [1.82, 2.24) is 0 Å². The molecule has 0 radical (unpaired) electrons. The molecule has 2 rings (SSSR count). The van der Waals surface area contributed by atoms with E-state index in [0.717, 1.165) is 17.3 Å². The van der Waals surface area contributed by atoms with E-state index < -0.39 is 0 Å². The summed E-state index contributed by atoms with van der Waals surface area (Å²) in [6.45, 7) is 4.13. The molecule has 0 unspecified atom stereocenters. The molecule has 0 spiro atoms. The van der Waals surface area contributed by atoms with Crippen LogP contribution in [0, 0.1) is 13.8 Å². The lowest BCUT2D eigenvalue weighted by atomic mass is 9.95. The van der Waals surface area contributed by atoms with E-state index >= 15 is 0 Å². The Hall–Kier alpha value is -0.920. The van der Waals surface area contributed by atoms with Gasteiger partial charge in [-0.1, -0.05) is 22.0 Å². The molecule has 0 heterocycles. The van der Waals surface area contributed by atoms with Crippen LogP contribution in [-0.4, -0.2) is 6.08 Å². The average molecular weight is 266 g/mol. The second-order valence-corrected chi connectivity index (χ2v) is 4.95. The van der Waals surface area contributed by atoms with Gasteiger partial charge in [-0.2, -0.15) is 4.99 Å². The van der Waals surface area contributed by atoms with Crippen molar-refractivity contribution in [2.24, 2.45) is 4.99 Å². The van der Waals surface area contributed by atoms with Gasteiger partial charge in [-0.05, 0) is 49.4 Å². The van der Waals surface area contributed by atoms with Crippen molar-refractivity contribution in [2.45, 2.75) is 32.2 Å². The van der Waals surface area contributed by atoms with E-state index in [-0.39, 0.29) is 5.54 Å². The van der Waals surface area contributed by atoms with Crippen LogP contribution in [0.1, 0.15) is 29.5 Å². The molecule has 1 saturated carbocycles. The van der Waals surface area contributed by atoms with Crippen LogP contribution in [0.5, 0.6) is 0 Å². The first-order valence-electron chi connectivity index (χ1n) is 4.96. The molecule has 0 saturated heterocycles. The Kier molecular flexibility index (Phi) is 2.53. The molecule has 0 N–H and O–H groups in total. The number of aryl methyl sites for hydroxylation is 1. The Morgan fingerprint density at radius 2 is 2.07 bits per heavy atom. The van der Waals surface area contributed by atoms with Crippen LogP contribution in [0.4, 0.5) is 0 Å². The Labute approximate surface area is 97.5 Å². The summed E-state index contributed by atoms with van der Waals surface area (Å²) in [6.07, 6.45) is 3.62. The lowest BCUT2D eigenvalue weighted by Crippen LogP contribution is -2.08. The van der Waals surface area contributed by atoms with Gasteiger partial charge in [0.25, 0.3) is 0 Å². The zero-order valence-corrected chi connectivity index (χ0v) is 10.4. The van der Waals surface area contributed by atoms with Crippen molar-refractivity contribution in [3.05, 3.63) is 33.3 Å². The van der Waals surface area contributed by atoms with Crippen molar-refractivity contribution in [2.75, 3.05) is 0 Å². The summed E-state index contributed by atoms with van der Waals surface area (Å²) in [5, 5.41) is 0. The van der Waals surface area contributed by atoms with Crippen LogP contribution in [0.25, 0.3) is 0 Å². The van der Waals surface area contributed by atoms with E-state index in [9.17, 15) is 4.79 Å². The van der Waals surface area contributed by atoms with Gasteiger partial charge in [0, 0.05) is 4.47 Å². The topological polar surface area (TPSA) is 29.4 Å². The number of aliphatic imine (C=N–C) groups is 1. The zero-order valence-electron chi connectivity index (χ0n) is 8.80. The first kappa shape index (κ1) is 10.6. The van der Waals surface area contributed by atoms with Gasteiger partial charge < -0.3 is 0 Å². The smallest absolute Gasteiger partial charge is 0.211 e. The second-order valence-electron chi connectivity index (χ2n) is 4.10. The summed E-state index contributed by atoms with van der Waals surface area (Å²) in [7, 11) is 0. The summed E-state index contributed by atoms with van der Waals surface area (Å²) in [6, 6.07) is 4.10. The predicted molar refractivity (Wildman–Crippen MR) is 62.6 cm³/mol. The monoisotopic (exact) mass is 265 g/mol. The van der Waals surface area contributed by atoms with E-state index in [4.69, 9.17) is 0 Å². The molecule has 1 aliphatic carbocycles. The number of halogens is 1. The molecule has 0 aliphatic heterocycles. The highest BCUT2D eigenvalue weighted by molar-refractivity contribution is 9.10. The van der Waals surface area contributed by atoms with E-state index in [1.165, 1.54) is 16.7 Å². The third-order valence-corrected chi connectivity index (χ3v) is 3.91. The number of hydrogen-bond acceptors (Lipinski definition) is 2. The number of rotatable bonds is 2. The predicted octanol–water partition coefficient (Wildman–Crippen LogP) is 3.39. The summed E-state index contributed by atoms with van der Waals surface area (Å²) in [5.74, 6) is 0. The lowest BCUT2D eigenvalue weighted by molar-refractivity contribution is 0.556. The maximum absolute atomic E-state index is 10.4. The van der Waals surface area contributed by atoms with E-state index in [1.54, 1.807) is 6.08 Å². The van der Waals surface area contributed by atoms with Crippen LogP contribution in [-0.2, 0) is 10.3 Å². The number of nitrogens with zero attached hydrogens (tertiary/aromatic N) is 1. The second kappa shape index (κ2) is 3.58. The minimum atomic E-state index is -0.264. The van der Waals surface area contributed by atoms with Crippen molar-refractivity contribution in [3.63, 3.8) is 0 Å². The minimum absolute atomic E-state index is 0.264. The Balaban J connectivity index is 2.62. The van der Waals surface area contributed by atoms with E-state index in [0.29, 0.717) is 0 Å². The summed E-state index contributed by atoms with van der Waals surface area (Å²) in [4.78, 5) is 14.4. The first-order valence-corrected chi connectivity index (χ1v) is 5.75. The average Bonchev–Trinajstić information content (AvgIpc) is 2.94. The SMILES string of the molecule is Cc1ccc(Br)c(C)c1C1(N=C=O)CC1. The lowest BCUT2D eigenvalue weighted by Gasteiger charge is -2.16. The van der Waals surface area contributed by atoms with Crippen molar-refractivity contribution >= 4 is 22.0 Å². The minimum Gasteiger partial charge on any atom is -0.211 e. The highest BCUT2D eigenvalue weighted by atomic mass is 79.9. The molecule has 0 amide bonds. The molecule has 0 atom stereocenters. The Morgan fingerprint density at radius 1 is 1.40 bits per heavy atom. The fourth-order valence-corrected chi connectivity index (χ4v) is 2.49. The van der Waals surface area contributed by atoms with Gasteiger partial charge >= 0.3 is 0 Å². The number of hydrogen-bond donors (Lipinski definition) is 0. The van der Waals surface area contributed by atoms with Gasteiger partial charge in [0.1, 0.15) is 0 Å². The highest BCUT2D eigenvalue weighted by Gasteiger charge is 2.46.